The zero-order chi connectivity index (χ0) is 12.5. The van der Waals surface area contributed by atoms with Crippen molar-refractivity contribution in [3.63, 3.8) is 0 Å². The van der Waals surface area contributed by atoms with Gasteiger partial charge in [-0.05, 0) is 17.7 Å². The van der Waals surface area contributed by atoms with Gasteiger partial charge in [-0.1, -0.05) is 12.1 Å². The third kappa shape index (κ3) is 2.20. The van der Waals surface area contributed by atoms with Crippen LogP contribution in [0.4, 0.5) is 9.18 Å². The van der Waals surface area contributed by atoms with E-state index in [1.54, 1.807) is 0 Å². The number of carboxylic acid groups (broad SMARTS) is 1. The minimum Gasteiger partial charge on any atom is -0.478 e. The summed E-state index contributed by atoms with van der Waals surface area (Å²) in [5, 5.41) is 11.4. The number of rotatable bonds is 3. The smallest absolute Gasteiger partial charge is 0.408 e. The molecule has 1 fully saturated rings. The van der Waals surface area contributed by atoms with Crippen LogP contribution in [0.1, 0.15) is 5.56 Å². The van der Waals surface area contributed by atoms with Gasteiger partial charge >= 0.3 is 12.1 Å². The summed E-state index contributed by atoms with van der Waals surface area (Å²) in [5.41, 5.74) is -1.01. The molecule has 1 heterocycles. The molecule has 1 aromatic carbocycles. The maximum Gasteiger partial charge on any atom is 0.408 e. The third-order valence-electron chi connectivity index (χ3n) is 2.60. The van der Waals surface area contributed by atoms with E-state index in [1.165, 1.54) is 24.3 Å². The van der Waals surface area contributed by atoms with Crippen LogP contribution in [0.15, 0.2) is 24.3 Å². The van der Waals surface area contributed by atoms with Crippen LogP contribution in [-0.4, -0.2) is 29.3 Å². The van der Waals surface area contributed by atoms with Crippen molar-refractivity contribution in [3.05, 3.63) is 35.6 Å². The molecule has 17 heavy (non-hydrogen) atoms. The largest absolute Gasteiger partial charge is 0.478 e. The number of halogens is 1. The van der Waals surface area contributed by atoms with Gasteiger partial charge in [-0.2, -0.15) is 0 Å². The molecular formula is C11H10FNO4. The van der Waals surface area contributed by atoms with Gasteiger partial charge in [0.15, 0.2) is 0 Å². The predicted molar refractivity (Wildman–Crippen MR) is 55.0 cm³/mol. The summed E-state index contributed by atoms with van der Waals surface area (Å²) in [6, 6.07) is 5.39. The highest BCUT2D eigenvalue weighted by atomic mass is 19.1. The van der Waals surface area contributed by atoms with E-state index in [9.17, 15) is 14.0 Å². The number of nitrogens with one attached hydrogen (secondary N) is 1. The van der Waals surface area contributed by atoms with Crippen LogP contribution in [-0.2, 0) is 16.0 Å². The SMILES string of the molecule is O=C1NCC(Cc2ccc(F)cc2)(C(=O)O)O1. The lowest BCUT2D eigenvalue weighted by Crippen LogP contribution is -2.44. The van der Waals surface area contributed by atoms with E-state index in [0.29, 0.717) is 5.56 Å². The van der Waals surface area contributed by atoms with Crippen LogP contribution in [0.5, 0.6) is 0 Å². The van der Waals surface area contributed by atoms with Gasteiger partial charge in [-0.15, -0.1) is 0 Å². The second kappa shape index (κ2) is 4.04. The fourth-order valence-corrected chi connectivity index (χ4v) is 1.69. The first kappa shape index (κ1) is 11.4. The average molecular weight is 239 g/mol. The number of carbonyl (C=O) groups is 2. The first-order chi connectivity index (χ1) is 8.02. The monoisotopic (exact) mass is 239 g/mol. The van der Waals surface area contributed by atoms with Crippen molar-refractivity contribution in [1.82, 2.24) is 5.32 Å². The first-order valence-corrected chi connectivity index (χ1v) is 4.96. The minimum absolute atomic E-state index is 0.00134. The summed E-state index contributed by atoms with van der Waals surface area (Å²) < 4.78 is 17.5. The van der Waals surface area contributed by atoms with Gasteiger partial charge in [-0.3, -0.25) is 0 Å². The molecule has 2 N–H and O–H groups in total. The molecule has 1 atom stereocenters. The molecule has 1 amide bonds. The van der Waals surface area contributed by atoms with Crippen molar-refractivity contribution in [2.45, 2.75) is 12.0 Å². The molecule has 2 rings (SSSR count). The van der Waals surface area contributed by atoms with Crippen molar-refractivity contribution in [2.24, 2.45) is 0 Å². The summed E-state index contributed by atoms with van der Waals surface area (Å²) >= 11 is 0. The van der Waals surface area contributed by atoms with Crippen LogP contribution in [0.2, 0.25) is 0 Å². The fourth-order valence-electron chi connectivity index (χ4n) is 1.69. The van der Waals surface area contributed by atoms with Crippen molar-refractivity contribution in [1.29, 1.82) is 0 Å². The number of hydrogen-bond donors (Lipinski definition) is 2. The summed E-state index contributed by atoms with van der Waals surface area (Å²) in [6.45, 7) is -0.0987. The molecule has 0 bridgehead atoms. The summed E-state index contributed by atoms with van der Waals surface area (Å²) in [4.78, 5) is 22.1. The number of ether oxygens (including phenoxy) is 1. The summed E-state index contributed by atoms with van der Waals surface area (Å²) in [6.07, 6.45) is -0.754. The molecule has 0 radical (unpaired) electrons. The molecule has 1 aliphatic rings. The Labute approximate surface area is 96.2 Å². The molecule has 1 aromatic rings. The van der Waals surface area contributed by atoms with Crippen LogP contribution in [0.3, 0.4) is 0 Å². The van der Waals surface area contributed by atoms with Gasteiger partial charge in [0, 0.05) is 6.42 Å². The van der Waals surface area contributed by atoms with Crippen LogP contribution >= 0.6 is 0 Å². The quantitative estimate of drug-likeness (QED) is 0.822. The van der Waals surface area contributed by atoms with E-state index in [0.717, 1.165) is 0 Å². The number of carboxylic acids is 1. The maximum absolute atomic E-state index is 12.7. The molecular weight excluding hydrogens is 229 g/mol. The minimum atomic E-state index is -1.60. The first-order valence-electron chi connectivity index (χ1n) is 4.96. The summed E-state index contributed by atoms with van der Waals surface area (Å²) in [7, 11) is 0. The average Bonchev–Trinajstić information content (AvgIpc) is 2.65. The van der Waals surface area contributed by atoms with Crippen molar-refractivity contribution >= 4 is 12.1 Å². The number of carbonyl (C=O) groups excluding carboxylic acids is 1. The van der Waals surface area contributed by atoms with Gasteiger partial charge in [0.1, 0.15) is 5.82 Å². The molecule has 0 aromatic heterocycles. The Bertz CT molecular complexity index is 459. The van der Waals surface area contributed by atoms with E-state index in [4.69, 9.17) is 9.84 Å². The Morgan fingerprint density at radius 3 is 2.59 bits per heavy atom. The Balaban J connectivity index is 2.22. The highest BCUT2D eigenvalue weighted by Gasteiger charge is 2.47. The molecule has 6 heteroatoms. The van der Waals surface area contributed by atoms with E-state index in [-0.39, 0.29) is 13.0 Å². The van der Waals surface area contributed by atoms with Crippen LogP contribution in [0, 0.1) is 5.82 Å². The van der Waals surface area contributed by atoms with Crippen LogP contribution in [0.25, 0.3) is 0 Å². The summed E-state index contributed by atoms with van der Waals surface area (Å²) in [5.74, 6) is -1.63. The van der Waals surface area contributed by atoms with E-state index in [2.05, 4.69) is 5.32 Å². The van der Waals surface area contributed by atoms with Gasteiger partial charge in [-0.25, -0.2) is 14.0 Å². The standard InChI is InChI=1S/C11H10FNO4/c12-8-3-1-7(2-4-8)5-11(9(14)15)6-13-10(16)17-11/h1-4H,5-6H2,(H,13,16)(H,14,15). The second-order valence-electron chi connectivity index (χ2n) is 3.85. The van der Waals surface area contributed by atoms with Gasteiger partial charge in [0.2, 0.25) is 5.60 Å². The molecule has 0 aliphatic carbocycles. The number of aliphatic carboxylic acids is 1. The molecule has 1 saturated heterocycles. The number of amides is 1. The molecule has 0 saturated carbocycles. The predicted octanol–water partition coefficient (Wildman–Crippen LogP) is 0.931. The molecule has 0 spiro atoms. The Morgan fingerprint density at radius 2 is 2.12 bits per heavy atom. The van der Waals surface area contributed by atoms with Crippen molar-refractivity contribution in [2.75, 3.05) is 6.54 Å². The Hall–Kier alpha value is -2.11. The molecule has 1 aliphatic heterocycles. The molecule has 5 nitrogen and oxygen atoms in total. The zero-order valence-electron chi connectivity index (χ0n) is 8.77. The number of benzene rings is 1. The normalized spacial score (nSPS) is 23.0. The number of cyclic esters (lactones) is 1. The van der Waals surface area contributed by atoms with Gasteiger partial charge in [0.25, 0.3) is 0 Å². The fraction of sp³-hybridized carbons (Fsp3) is 0.273. The maximum atomic E-state index is 12.7. The third-order valence-corrected chi connectivity index (χ3v) is 2.60. The Kier molecular flexibility index (Phi) is 2.71. The van der Waals surface area contributed by atoms with Crippen molar-refractivity contribution in [3.8, 4) is 0 Å². The number of alkyl carbamates (subject to hydrolysis) is 1. The highest BCUT2D eigenvalue weighted by Crippen LogP contribution is 2.22. The second-order valence-corrected chi connectivity index (χ2v) is 3.85. The van der Waals surface area contributed by atoms with E-state index >= 15 is 0 Å². The van der Waals surface area contributed by atoms with Gasteiger partial charge < -0.3 is 15.2 Å². The zero-order valence-corrected chi connectivity index (χ0v) is 8.77. The lowest BCUT2D eigenvalue weighted by atomic mass is 9.95. The topological polar surface area (TPSA) is 75.6 Å². The van der Waals surface area contributed by atoms with Crippen LogP contribution < -0.4 is 5.32 Å². The van der Waals surface area contributed by atoms with E-state index < -0.39 is 23.5 Å². The van der Waals surface area contributed by atoms with Crippen molar-refractivity contribution < 1.29 is 23.8 Å². The lowest BCUT2D eigenvalue weighted by Gasteiger charge is -2.21. The highest BCUT2D eigenvalue weighted by molar-refractivity contribution is 5.85. The van der Waals surface area contributed by atoms with E-state index in [1.807, 2.05) is 0 Å². The lowest BCUT2D eigenvalue weighted by molar-refractivity contribution is -0.154. The molecule has 1 unspecified atom stereocenters. The van der Waals surface area contributed by atoms with Gasteiger partial charge in [0.05, 0.1) is 6.54 Å². The number of hydrogen-bond acceptors (Lipinski definition) is 3. The molecule has 90 valence electrons. The Morgan fingerprint density at radius 1 is 1.47 bits per heavy atom.